The van der Waals surface area contributed by atoms with Gasteiger partial charge >= 0.3 is 24.1 Å². The molecule has 0 heterocycles. The van der Waals surface area contributed by atoms with E-state index in [-0.39, 0.29) is 12.6 Å². The van der Waals surface area contributed by atoms with Gasteiger partial charge in [-0.15, -0.1) is 0 Å². The molecule has 8 amide bonds. The van der Waals surface area contributed by atoms with Gasteiger partial charge in [-0.2, -0.15) is 0 Å². The molecule has 27 heavy (non-hydrogen) atoms. The lowest BCUT2D eigenvalue weighted by Crippen LogP contribution is -2.57. The smallest absolute Gasteiger partial charge is 0.341 e. The SMILES string of the molecule is CCCNC(=O)NN(F)C(=O)N(CCCCNC(=O)NC)NC(=O)NCC. The molecular formula is C14H29FN8O4. The van der Waals surface area contributed by atoms with Crippen LogP contribution in [-0.4, -0.2) is 67.6 Å². The van der Waals surface area contributed by atoms with E-state index in [0.717, 1.165) is 5.01 Å². The maximum absolute atomic E-state index is 13.9. The molecule has 0 unspecified atom stereocenters. The van der Waals surface area contributed by atoms with Gasteiger partial charge in [-0.1, -0.05) is 16.6 Å². The van der Waals surface area contributed by atoms with Crippen molar-refractivity contribution in [2.75, 3.05) is 33.2 Å². The third-order valence-electron chi connectivity index (χ3n) is 3.03. The minimum atomic E-state index is -1.27. The fraction of sp³-hybridized carbons (Fsp3) is 0.714. The summed E-state index contributed by atoms with van der Waals surface area (Å²) in [7, 11) is 1.48. The first-order valence-electron chi connectivity index (χ1n) is 8.67. The van der Waals surface area contributed by atoms with Gasteiger partial charge in [0.05, 0.1) is 0 Å². The fourth-order valence-corrected chi connectivity index (χ4v) is 1.73. The third-order valence-corrected chi connectivity index (χ3v) is 3.03. The van der Waals surface area contributed by atoms with Crippen LogP contribution in [0.1, 0.15) is 33.1 Å². The van der Waals surface area contributed by atoms with Crippen LogP contribution in [0.25, 0.3) is 0 Å². The molecule has 0 bridgehead atoms. The van der Waals surface area contributed by atoms with E-state index in [9.17, 15) is 23.7 Å². The second-order valence-corrected chi connectivity index (χ2v) is 5.27. The Morgan fingerprint density at radius 2 is 1.48 bits per heavy atom. The number of rotatable bonds is 8. The van der Waals surface area contributed by atoms with E-state index in [4.69, 9.17) is 0 Å². The molecule has 0 fully saturated rings. The van der Waals surface area contributed by atoms with Crippen molar-refractivity contribution in [2.24, 2.45) is 0 Å². The first kappa shape index (κ1) is 24.0. The molecule has 0 aromatic rings. The predicted octanol–water partition coefficient (Wildman–Crippen LogP) is 0.162. The average molecular weight is 392 g/mol. The summed E-state index contributed by atoms with van der Waals surface area (Å²) in [5.41, 5.74) is 3.92. The number of hydrogen-bond donors (Lipinski definition) is 6. The number of urea groups is 4. The Bertz CT molecular complexity index is 494. The Morgan fingerprint density at radius 3 is 2.07 bits per heavy atom. The Kier molecular flexibility index (Phi) is 12.6. The molecule has 0 atom stereocenters. The summed E-state index contributed by atoms with van der Waals surface area (Å²) in [6.07, 6.45) is 1.48. The van der Waals surface area contributed by atoms with Gasteiger partial charge in [-0.25, -0.2) is 35.0 Å². The number of carbonyl (C=O) groups is 4. The second kappa shape index (κ2) is 14.2. The lowest BCUT2D eigenvalue weighted by atomic mass is 10.3. The van der Waals surface area contributed by atoms with Crippen LogP contribution < -0.4 is 32.1 Å². The van der Waals surface area contributed by atoms with Crippen molar-refractivity contribution in [3.63, 3.8) is 0 Å². The van der Waals surface area contributed by atoms with Gasteiger partial charge in [0.1, 0.15) is 0 Å². The number of halogens is 1. The highest BCUT2D eigenvalue weighted by Gasteiger charge is 2.24. The third kappa shape index (κ3) is 11.3. The minimum absolute atomic E-state index is 0.0376. The zero-order chi connectivity index (χ0) is 20.7. The van der Waals surface area contributed by atoms with Crippen LogP contribution in [0.2, 0.25) is 0 Å². The largest absolute Gasteiger partial charge is 0.386 e. The first-order valence-corrected chi connectivity index (χ1v) is 8.67. The van der Waals surface area contributed by atoms with E-state index in [2.05, 4.69) is 26.7 Å². The molecule has 13 heteroatoms. The van der Waals surface area contributed by atoms with E-state index in [1.54, 1.807) is 12.3 Å². The van der Waals surface area contributed by atoms with Crippen molar-refractivity contribution in [2.45, 2.75) is 33.1 Å². The summed E-state index contributed by atoms with van der Waals surface area (Å²) in [4.78, 5) is 46.2. The number of unbranched alkanes of at least 4 members (excludes halogenated alkanes) is 1. The van der Waals surface area contributed by atoms with Crippen molar-refractivity contribution in [1.82, 2.24) is 42.4 Å². The van der Waals surface area contributed by atoms with Crippen LogP contribution >= 0.6 is 0 Å². The zero-order valence-corrected chi connectivity index (χ0v) is 15.9. The second-order valence-electron chi connectivity index (χ2n) is 5.27. The van der Waals surface area contributed by atoms with Crippen LogP contribution in [-0.2, 0) is 0 Å². The molecule has 0 aromatic heterocycles. The van der Waals surface area contributed by atoms with Gasteiger partial charge in [0, 0.05) is 33.2 Å². The normalized spacial score (nSPS) is 9.63. The number of carbonyl (C=O) groups excluding carboxylic acids is 4. The summed E-state index contributed by atoms with van der Waals surface area (Å²) in [5.74, 6) is 0. The maximum Gasteiger partial charge on any atom is 0.386 e. The molecule has 0 spiro atoms. The van der Waals surface area contributed by atoms with Gasteiger partial charge in [0.15, 0.2) is 0 Å². The monoisotopic (exact) mass is 392 g/mol. The van der Waals surface area contributed by atoms with Crippen LogP contribution in [0, 0.1) is 0 Å². The lowest BCUT2D eigenvalue weighted by molar-refractivity contribution is 0.00254. The van der Waals surface area contributed by atoms with E-state index in [1.165, 1.54) is 7.05 Å². The van der Waals surface area contributed by atoms with Gasteiger partial charge in [0.25, 0.3) is 0 Å². The van der Waals surface area contributed by atoms with Gasteiger partial charge in [-0.05, 0) is 26.2 Å². The topological polar surface area (TPSA) is 147 Å². The lowest BCUT2D eigenvalue weighted by Gasteiger charge is -2.25. The molecular weight excluding hydrogens is 363 g/mol. The highest BCUT2D eigenvalue weighted by atomic mass is 19.2. The van der Waals surface area contributed by atoms with Crippen molar-refractivity contribution < 1.29 is 23.7 Å². The number of nitrogens with zero attached hydrogens (tertiary/aromatic N) is 2. The molecule has 0 saturated carbocycles. The summed E-state index contributed by atoms with van der Waals surface area (Å²) >= 11 is 0. The Morgan fingerprint density at radius 1 is 0.852 bits per heavy atom. The van der Waals surface area contributed by atoms with Crippen LogP contribution in [0.3, 0.4) is 0 Å². The Hall–Kier alpha value is -2.99. The number of nitrogens with one attached hydrogen (secondary N) is 6. The summed E-state index contributed by atoms with van der Waals surface area (Å²) in [5, 5.41) is 9.92. The number of hydrazine groups is 2. The number of amides is 8. The molecule has 0 aliphatic rings. The quantitative estimate of drug-likeness (QED) is 0.198. The molecule has 156 valence electrons. The average Bonchev–Trinajstić information content (AvgIpc) is 2.64. The highest BCUT2D eigenvalue weighted by Crippen LogP contribution is 1.99. The standard InChI is InChI=1S/C14H29FN8O4/c1-4-8-18-13(26)21-23(15)14(27)22(20-12(25)17-5-2)10-7-6-9-19-11(24)16-3/h4-10H2,1-3H3,(H2,16,19,24)(H2,17,20,25)(H2,18,21,26). The molecule has 6 N–H and O–H groups in total. The van der Waals surface area contributed by atoms with E-state index in [0.29, 0.717) is 38.9 Å². The van der Waals surface area contributed by atoms with Gasteiger partial charge < -0.3 is 21.3 Å². The molecule has 0 aliphatic carbocycles. The summed E-state index contributed by atoms with van der Waals surface area (Å²) in [6, 6.07) is -3.20. The summed E-state index contributed by atoms with van der Waals surface area (Å²) in [6.45, 7) is 4.41. The summed E-state index contributed by atoms with van der Waals surface area (Å²) < 4.78 is 13.9. The molecule has 0 saturated heterocycles. The van der Waals surface area contributed by atoms with Crippen molar-refractivity contribution >= 4 is 24.1 Å². The van der Waals surface area contributed by atoms with Crippen molar-refractivity contribution in [3.8, 4) is 0 Å². The van der Waals surface area contributed by atoms with Crippen molar-refractivity contribution in [1.29, 1.82) is 0 Å². The maximum atomic E-state index is 13.9. The molecule has 0 aromatic carbocycles. The molecule has 12 nitrogen and oxygen atoms in total. The van der Waals surface area contributed by atoms with Crippen LogP contribution in [0.5, 0.6) is 0 Å². The highest BCUT2D eigenvalue weighted by molar-refractivity contribution is 5.82. The van der Waals surface area contributed by atoms with Crippen LogP contribution in [0.4, 0.5) is 23.7 Å². The van der Waals surface area contributed by atoms with Gasteiger partial charge in [0.2, 0.25) is 0 Å². The molecule has 0 aliphatic heterocycles. The van der Waals surface area contributed by atoms with E-state index >= 15 is 0 Å². The number of hydrogen-bond acceptors (Lipinski definition) is 4. The minimum Gasteiger partial charge on any atom is -0.341 e. The van der Waals surface area contributed by atoms with E-state index < -0.39 is 23.3 Å². The molecule has 0 rings (SSSR count). The first-order chi connectivity index (χ1) is 12.8. The Labute approximate surface area is 157 Å². The Balaban J connectivity index is 4.62. The predicted molar refractivity (Wildman–Crippen MR) is 95.8 cm³/mol. The van der Waals surface area contributed by atoms with Crippen LogP contribution in [0.15, 0.2) is 0 Å². The van der Waals surface area contributed by atoms with E-state index in [1.807, 2.05) is 6.92 Å². The van der Waals surface area contributed by atoms with Gasteiger partial charge in [-0.3, -0.25) is 0 Å². The van der Waals surface area contributed by atoms with Crippen molar-refractivity contribution in [3.05, 3.63) is 0 Å². The zero-order valence-electron chi connectivity index (χ0n) is 15.9. The fourth-order valence-electron chi connectivity index (χ4n) is 1.73. The molecule has 0 radical (unpaired) electrons.